The first kappa shape index (κ1) is 11.5. The summed E-state index contributed by atoms with van der Waals surface area (Å²) in [7, 11) is 0. The summed E-state index contributed by atoms with van der Waals surface area (Å²) >= 11 is 7.98. The Bertz CT molecular complexity index is 551. The molecule has 0 amide bonds. The summed E-state index contributed by atoms with van der Waals surface area (Å²) in [5.74, 6) is -0.994. The zero-order chi connectivity index (χ0) is 11.7. The van der Waals surface area contributed by atoms with Gasteiger partial charge in [0.05, 0.1) is 10.7 Å². The van der Waals surface area contributed by atoms with Gasteiger partial charge in [-0.05, 0) is 40.8 Å². The van der Waals surface area contributed by atoms with Crippen molar-refractivity contribution in [2.24, 2.45) is 0 Å². The Labute approximate surface area is 111 Å². The van der Waals surface area contributed by atoms with Crippen LogP contribution in [0.15, 0.2) is 36.5 Å². The molecule has 0 aliphatic carbocycles. The predicted molar refractivity (Wildman–Crippen MR) is 70.5 cm³/mol. The number of aromatic carboxylic acids is 1. The van der Waals surface area contributed by atoms with Crippen LogP contribution in [0.5, 0.6) is 0 Å². The Morgan fingerprint density at radius 3 is 2.69 bits per heavy atom. The fourth-order valence-electron chi connectivity index (χ4n) is 1.44. The molecule has 2 aromatic rings. The Hall–Kier alpha value is -1.01. The summed E-state index contributed by atoms with van der Waals surface area (Å²) in [5, 5.41) is 9.46. The van der Waals surface area contributed by atoms with Gasteiger partial charge in [-0.1, -0.05) is 23.7 Å². The van der Waals surface area contributed by atoms with Crippen LogP contribution in [0.2, 0.25) is 5.02 Å². The standard InChI is InChI=1S/C11H7ClINO2/c12-7-5-10(11(15)16)14(6-7)9-4-2-1-3-8(9)13/h1-6H,(H,15,16). The number of rotatable bonds is 2. The zero-order valence-corrected chi connectivity index (χ0v) is 10.9. The molecule has 0 bridgehead atoms. The van der Waals surface area contributed by atoms with Crippen LogP contribution in [0.3, 0.4) is 0 Å². The largest absolute Gasteiger partial charge is 0.477 e. The highest BCUT2D eigenvalue weighted by molar-refractivity contribution is 14.1. The van der Waals surface area contributed by atoms with Crippen molar-refractivity contribution in [3.05, 3.63) is 50.8 Å². The molecule has 1 aromatic carbocycles. The van der Waals surface area contributed by atoms with Crippen molar-refractivity contribution in [3.8, 4) is 5.69 Å². The van der Waals surface area contributed by atoms with Crippen LogP contribution in [0.25, 0.3) is 5.69 Å². The minimum absolute atomic E-state index is 0.161. The molecule has 0 saturated heterocycles. The second-order valence-electron chi connectivity index (χ2n) is 3.17. The van der Waals surface area contributed by atoms with Gasteiger partial charge >= 0.3 is 5.97 Å². The summed E-state index contributed by atoms with van der Waals surface area (Å²) in [4.78, 5) is 11.0. The van der Waals surface area contributed by atoms with Crippen molar-refractivity contribution in [1.29, 1.82) is 0 Å². The predicted octanol–water partition coefficient (Wildman–Crippen LogP) is 3.43. The first-order valence-electron chi connectivity index (χ1n) is 4.45. The highest BCUT2D eigenvalue weighted by atomic mass is 127. The third-order valence-corrected chi connectivity index (χ3v) is 3.24. The third-order valence-electron chi connectivity index (χ3n) is 2.12. The number of carboxylic acid groups (broad SMARTS) is 1. The Morgan fingerprint density at radius 2 is 2.06 bits per heavy atom. The summed E-state index contributed by atoms with van der Waals surface area (Å²) < 4.78 is 2.54. The van der Waals surface area contributed by atoms with E-state index in [4.69, 9.17) is 16.7 Å². The smallest absolute Gasteiger partial charge is 0.352 e. The van der Waals surface area contributed by atoms with Crippen LogP contribution in [0.4, 0.5) is 0 Å². The molecule has 0 unspecified atom stereocenters. The van der Waals surface area contributed by atoms with E-state index in [9.17, 15) is 4.79 Å². The number of nitrogens with zero attached hydrogens (tertiary/aromatic N) is 1. The number of hydrogen-bond donors (Lipinski definition) is 1. The Balaban J connectivity index is 2.64. The van der Waals surface area contributed by atoms with E-state index >= 15 is 0 Å². The molecule has 0 saturated carbocycles. The van der Waals surface area contributed by atoms with Gasteiger partial charge < -0.3 is 9.67 Å². The van der Waals surface area contributed by atoms with Crippen LogP contribution in [0.1, 0.15) is 10.5 Å². The minimum Gasteiger partial charge on any atom is -0.477 e. The minimum atomic E-state index is -0.994. The number of aromatic nitrogens is 1. The van der Waals surface area contributed by atoms with E-state index in [1.165, 1.54) is 6.07 Å². The van der Waals surface area contributed by atoms with Gasteiger partial charge in [0, 0.05) is 9.77 Å². The number of hydrogen-bond acceptors (Lipinski definition) is 1. The molecular weight excluding hydrogens is 340 g/mol. The molecular formula is C11H7ClINO2. The summed E-state index contributed by atoms with van der Waals surface area (Å²) in [6, 6.07) is 8.96. The van der Waals surface area contributed by atoms with Gasteiger partial charge in [-0.2, -0.15) is 0 Å². The van der Waals surface area contributed by atoms with Gasteiger partial charge in [-0.3, -0.25) is 0 Å². The van der Waals surface area contributed by atoms with Crippen molar-refractivity contribution in [1.82, 2.24) is 4.57 Å². The highest BCUT2D eigenvalue weighted by Gasteiger charge is 2.14. The summed E-state index contributed by atoms with van der Waals surface area (Å²) in [5.41, 5.74) is 0.974. The van der Waals surface area contributed by atoms with Crippen LogP contribution in [-0.4, -0.2) is 15.6 Å². The molecule has 0 aliphatic heterocycles. The maximum Gasteiger partial charge on any atom is 0.352 e. The lowest BCUT2D eigenvalue weighted by Crippen LogP contribution is -2.06. The average molecular weight is 348 g/mol. The van der Waals surface area contributed by atoms with Crippen LogP contribution in [0, 0.1) is 3.57 Å². The van der Waals surface area contributed by atoms with E-state index in [2.05, 4.69) is 22.6 Å². The van der Waals surface area contributed by atoms with Crippen molar-refractivity contribution in [2.45, 2.75) is 0 Å². The van der Waals surface area contributed by atoms with Crippen LogP contribution >= 0.6 is 34.2 Å². The van der Waals surface area contributed by atoms with Gasteiger partial charge in [0.15, 0.2) is 0 Å². The van der Waals surface area contributed by atoms with Crippen molar-refractivity contribution in [2.75, 3.05) is 0 Å². The average Bonchev–Trinajstić information content (AvgIpc) is 2.61. The van der Waals surface area contributed by atoms with Crippen molar-refractivity contribution in [3.63, 3.8) is 0 Å². The van der Waals surface area contributed by atoms with E-state index in [-0.39, 0.29) is 5.69 Å². The molecule has 1 aromatic heterocycles. The lowest BCUT2D eigenvalue weighted by atomic mass is 10.3. The summed E-state index contributed by atoms with van der Waals surface area (Å²) in [6.07, 6.45) is 1.60. The molecule has 1 N–H and O–H groups in total. The Morgan fingerprint density at radius 1 is 1.38 bits per heavy atom. The molecule has 0 aliphatic rings. The number of carbonyl (C=O) groups is 1. The van der Waals surface area contributed by atoms with Crippen molar-refractivity contribution >= 4 is 40.2 Å². The highest BCUT2D eigenvalue weighted by Crippen LogP contribution is 2.23. The molecule has 5 heteroatoms. The quantitative estimate of drug-likeness (QED) is 0.846. The van der Waals surface area contributed by atoms with Crippen LogP contribution < -0.4 is 0 Å². The lowest BCUT2D eigenvalue weighted by molar-refractivity contribution is 0.0688. The molecule has 82 valence electrons. The molecule has 16 heavy (non-hydrogen) atoms. The van der Waals surface area contributed by atoms with Crippen molar-refractivity contribution < 1.29 is 9.90 Å². The molecule has 2 rings (SSSR count). The maximum atomic E-state index is 11.0. The van der Waals surface area contributed by atoms with Gasteiger partial charge in [0.1, 0.15) is 5.69 Å². The molecule has 0 radical (unpaired) electrons. The monoisotopic (exact) mass is 347 g/mol. The molecule has 0 spiro atoms. The maximum absolute atomic E-state index is 11.0. The molecule has 0 atom stereocenters. The normalized spacial score (nSPS) is 10.4. The van der Waals surface area contributed by atoms with E-state index < -0.39 is 5.97 Å². The molecule has 3 nitrogen and oxygen atoms in total. The van der Waals surface area contributed by atoms with Gasteiger partial charge in [-0.25, -0.2) is 4.79 Å². The molecule has 0 fully saturated rings. The van der Waals surface area contributed by atoms with Gasteiger partial charge in [-0.15, -0.1) is 0 Å². The van der Waals surface area contributed by atoms with E-state index in [1.54, 1.807) is 10.8 Å². The number of halogens is 2. The summed E-state index contributed by atoms with van der Waals surface area (Å²) in [6.45, 7) is 0. The second kappa shape index (κ2) is 4.47. The van der Waals surface area contributed by atoms with E-state index in [0.717, 1.165) is 9.26 Å². The molecule has 1 heterocycles. The van der Waals surface area contributed by atoms with E-state index in [0.29, 0.717) is 5.02 Å². The third kappa shape index (κ3) is 2.08. The van der Waals surface area contributed by atoms with Crippen LogP contribution in [-0.2, 0) is 0 Å². The number of para-hydroxylation sites is 1. The number of benzene rings is 1. The first-order chi connectivity index (χ1) is 7.59. The SMILES string of the molecule is O=C(O)c1cc(Cl)cn1-c1ccccc1I. The number of carboxylic acids is 1. The fraction of sp³-hybridized carbons (Fsp3) is 0. The first-order valence-corrected chi connectivity index (χ1v) is 5.91. The zero-order valence-electron chi connectivity index (χ0n) is 8.02. The second-order valence-corrected chi connectivity index (χ2v) is 4.77. The van der Waals surface area contributed by atoms with Gasteiger partial charge in [0.25, 0.3) is 0 Å². The Kier molecular flexibility index (Phi) is 3.20. The lowest BCUT2D eigenvalue weighted by Gasteiger charge is -2.07. The topological polar surface area (TPSA) is 42.2 Å². The fourth-order valence-corrected chi connectivity index (χ4v) is 2.29. The van der Waals surface area contributed by atoms with Gasteiger partial charge in [0.2, 0.25) is 0 Å². The van der Waals surface area contributed by atoms with E-state index in [1.807, 2.05) is 24.3 Å².